The van der Waals surface area contributed by atoms with E-state index < -0.39 is 22.1 Å². The smallest absolute Gasteiger partial charge is 0.306 e. The zero-order chi connectivity index (χ0) is 11.2. The molecule has 84 valence electrons. The van der Waals surface area contributed by atoms with Gasteiger partial charge < -0.3 is 5.11 Å². The van der Waals surface area contributed by atoms with E-state index in [1.54, 1.807) is 6.92 Å². The van der Waals surface area contributed by atoms with Crippen molar-refractivity contribution in [2.24, 2.45) is 5.92 Å². The Morgan fingerprint density at radius 3 is 2.50 bits per heavy atom. The average molecular weight is 224 g/mol. The summed E-state index contributed by atoms with van der Waals surface area (Å²) in [4.78, 5) is 10.4. The van der Waals surface area contributed by atoms with E-state index in [0.29, 0.717) is 12.8 Å². The number of carboxylic acid groups (broad SMARTS) is 1. The normalized spacial score (nSPS) is 13.9. The average Bonchev–Trinajstić information content (AvgIpc) is 2.12. The van der Waals surface area contributed by atoms with Gasteiger partial charge >= 0.3 is 5.97 Å². The first kappa shape index (κ1) is 13.3. The van der Waals surface area contributed by atoms with E-state index in [0.717, 1.165) is 0 Å². The molecule has 1 unspecified atom stereocenters. The van der Waals surface area contributed by atoms with Crippen molar-refractivity contribution in [2.75, 3.05) is 13.6 Å². The summed E-state index contributed by atoms with van der Waals surface area (Å²) in [5.74, 6) is -1.30. The molecule has 0 saturated carbocycles. The van der Waals surface area contributed by atoms with E-state index in [9.17, 15) is 13.2 Å². The largest absolute Gasteiger partial charge is 0.481 e. The van der Waals surface area contributed by atoms with Gasteiger partial charge in [0, 0.05) is 13.6 Å². The number of aliphatic carboxylic acids is 1. The number of rotatable bonds is 7. The van der Waals surface area contributed by atoms with Crippen LogP contribution in [-0.2, 0) is 15.0 Å². The van der Waals surface area contributed by atoms with Gasteiger partial charge in [-0.2, -0.15) is 8.42 Å². The predicted octanol–water partition coefficient (Wildman–Crippen LogP) is -0.459. The molecule has 0 aliphatic carbocycles. The molecule has 0 bridgehead atoms. The molecule has 0 saturated heterocycles. The Hall–Kier alpha value is -0.660. The van der Waals surface area contributed by atoms with Crippen LogP contribution in [0.25, 0.3) is 0 Å². The molecule has 0 heterocycles. The lowest BCUT2D eigenvalue weighted by Crippen LogP contribution is -2.34. The number of hydrogen-bond donors (Lipinski definition) is 3. The maximum atomic E-state index is 10.8. The van der Waals surface area contributed by atoms with Crippen LogP contribution in [0.4, 0.5) is 0 Å². The summed E-state index contributed by atoms with van der Waals surface area (Å²) in [6, 6.07) is 0. The fourth-order valence-corrected chi connectivity index (χ4v) is 1.37. The van der Waals surface area contributed by atoms with E-state index in [1.807, 2.05) is 0 Å². The van der Waals surface area contributed by atoms with Crippen molar-refractivity contribution in [3.8, 4) is 0 Å². The first-order valence-corrected chi connectivity index (χ1v) is 5.78. The molecule has 1 atom stereocenters. The highest BCUT2D eigenvalue weighted by Crippen LogP contribution is 2.04. The molecular weight excluding hydrogens is 208 g/mol. The van der Waals surface area contributed by atoms with Crippen molar-refractivity contribution in [1.82, 2.24) is 9.44 Å². The second-order valence-corrected chi connectivity index (χ2v) is 4.69. The lowest BCUT2D eigenvalue weighted by atomic mass is 10.1. The molecule has 7 heteroatoms. The zero-order valence-electron chi connectivity index (χ0n) is 8.28. The minimum absolute atomic E-state index is 0.251. The molecule has 0 aliphatic rings. The molecule has 0 radical (unpaired) electrons. The van der Waals surface area contributed by atoms with Crippen LogP contribution in [0.5, 0.6) is 0 Å². The molecule has 0 aromatic rings. The van der Waals surface area contributed by atoms with Gasteiger partial charge in [0.1, 0.15) is 0 Å². The highest BCUT2D eigenvalue weighted by atomic mass is 32.2. The molecule has 0 amide bonds. The maximum Gasteiger partial charge on any atom is 0.306 e. The van der Waals surface area contributed by atoms with E-state index in [2.05, 4.69) is 9.44 Å². The molecule has 0 fully saturated rings. The standard InChI is InChI=1S/C7H16N2O4S/c1-6(7(10)11)4-3-5-9-14(12,13)8-2/h6,8-9H,3-5H2,1-2H3,(H,10,11). The van der Waals surface area contributed by atoms with Crippen LogP contribution in [0.3, 0.4) is 0 Å². The summed E-state index contributed by atoms with van der Waals surface area (Å²) in [5.41, 5.74) is 0. The summed E-state index contributed by atoms with van der Waals surface area (Å²) in [6.07, 6.45) is 0.968. The number of hydrogen-bond acceptors (Lipinski definition) is 3. The van der Waals surface area contributed by atoms with E-state index in [1.165, 1.54) is 7.05 Å². The zero-order valence-corrected chi connectivity index (χ0v) is 9.10. The molecule has 0 rings (SSSR count). The minimum atomic E-state index is -3.39. The number of nitrogens with one attached hydrogen (secondary N) is 2. The Morgan fingerprint density at radius 2 is 2.07 bits per heavy atom. The summed E-state index contributed by atoms with van der Waals surface area (Å²) in [5, 5.41) is 8.54. The van der Waals surface area contributed by atoms with Crippen molar-refractivity contribution in [2.45, 2.75) is 19.8 Å². The van der Waals surface area contributed by atoms with Crippen molar-refractivity contribution >= 4 is 16.2 Å². The first-order valence-electron chi connectivity index (χ1n) is 4.30. The summed E-state index contributed by atoms with van der Waals surface area (Å²) >= 11 is 0. The van der Waals surface area contributed by atoms with Crippen LogP contribution in [0.1, 0.15) is 19.8 Å². The van der Waals surface area contributed by atoms with Crippen molar-refractivity contribution < 1.29 is 18.3 Å². The fourth-order valence-electron chi connectivity index (χ4n) is 0.810. The number of carbonyl (C=O) groups is 1. The van der Waals surface area contributed by atoms with Crippen LogP contribution in [0.2, 0.25) is 0 Å². The summed E-state index contributed by atoms with van der Waals surface area (Å²) < 4.78 is 26.0. The van der Waals surface area contributed by atoms with Crippen molar-refractivity contribution in [1.29, 1.82) is 0 Å². The van der Waals surface area contributed by atoms with Gasteiger partial charge in [-0.25, -0.2) is 9.44 Å². The van der Waals surface area contributed by atoms with E-state index in [4.69, 9.17) is 5.11 Å². The lowest BCUT2D eigenvalue weighted by molar-refractivity contribution is -0.141. The van der Waals surface area contributed by atoms with Crippen LogP contribution < -0.4 is 9.44 Å². The SMILES string of the molecule is CNS(=O)(=O)NCCCC(C)C(=O)O. The van der Waals surface area contributed by atoms with Crippen LogP contribution in [-0.4, -0.2) is 33.1 Å². The van der Waals surface area contributed by atoms with Crippen LogP contribution >= 0.6 is 0 Å². The first-order chi connectivity index (χ1) is 6.39. The molecule has 3 N–H and O–H groups in total. The van der Waals surface area contributed by atoms with Gasteiger partial charge in [-0.05, 0) is 12.8 Å². The molecule has 0 aromatic heterocycles. The van der Waals surface area contributed by atoms with Gasteiger partial charge in [-0.1, -0.05) is 6.92 Å². The van der Waals surface area contributed by atoms with Crippen molar-refractivity contribution in [3.05, 3.63) is 0 Å². The predicted molar refractivity (Wildman–Crippen MR) is 52.0 cm³/mol. The minimum Gasteiger partial charge on any atom is -0.481 e. The third-order valence-corrected chi connectivity index (χ3v) is 2.92. The Bertz CT molecular complexity index is 275. The maximum absolute atomic E-state index is 10.8. The quantitative estimate of drug-likeness (QED) is 0.510. The van der Waals surface area contributed by atoms with Gasteiger partial charge in [-0.3, -0.25) is 4.79 Å². The molecule has 6 nitrogen and oxygen atoms in total. The van der Waals surface area contributed by atoms with Gasteiger partial charge in [0.15, 0.2) is 0 Å². The summed E-state index contributed by atoms with van der Waals surface area (Å²) in [6.45, 7) is 1.84. The molecule has 0 aromatic carbocycles. The van der Waals surface area contributed by atoms with Gasteiger partial charge in [-0.15, -0.1) is 0 Å². The molecule has 0 aliphatic heterocycles. The van der Waals surface area contributed by atoms with Crippen LogP contribution in [0, 0.1) is 5.92 Å². The second-order valence-electron chi connectivity index (χ2n) is 2.98. The Kier molecular flexibility index (Phi) is 5.66. The molecule has 14 heavy (non-hydrogen) atoms. The van der Waals surface area contributed by atoms with Crippen molar-refractivity contribution in [3.63, 3.8) is 0 Å². The third-order valence-electron chi connectivity index (χ3n) is 1.80. The third kappa shape index (κ3) is 5.90. The van der Waals surface area contributed by atoms with Crippen LogP contribution in [0.15, 0.2) is 0 Å². The molecular formula is C7H16N2O4S. The monoisotopic (exact) mass is 224 g/mol. The van der Waals surface area contributed by atoms with E-state index in [-0.39, 0.29) is 6.54 Å². The highest BCUT2D eigenvalue weighted by molar-refractivity contribution is 7.87. The lowest BCUT2D eigenvalue weighted by Gasteiger charge is -2.06. The number of carboxylic acids is 1. The Labute approximate surface area is 83.9 Å². The summed E-state index contributed by atoms with van der Waals surface area (Å²) in [7, 11) is -2.08. The Morgan fingerprint density at radius 1 is 1.50 bits per heavy atom. The topological polar surface area (TPSA) is 95.5 Å². The Balaban J connectivity index is 3.62. The second kappa shape index (κ2) is 5.94. The van der Waals surface area contributed by atoms with Gasteiger partial charge in [0.25, 0.3) is 10.2 Å². The molecule has 0 spiro atoms. The van der Waals surface area contributed by atoms with Gasteiger partial charge in [0.05, 0.1) is 5.92 Å². The van der Waals surface area contributed by atoms with E-state index >= 15 is 0 Å². The van der Waals surface area contributed by atoms with Gasteiger partial charge in [0.2, 0.25) is 0 Å². The fraction of sp³-hybridized carbons (Fsp3) is 0.857. The highest BCUT2D eigenvalue weighted by Gasteiger charge is 2.10.